The van der Waals surface area contributed by atoms with Crippen molar-refractivity contribution in [3.8, 4) is 16.2 Å². The second kappa shape index (κ2) is 10.6. The number of thiazole rings is 1. The van der Waals surface area contributed by atoms with Gasteiger partial charge in [0.05, 0.1) is 17.7 Å². The van der Waals surface area contributed by atoms with E-state index in [1.807, 2.05) is 22.9 Å². The fourth-order valence-electron chi connectivity index (χ4n) is 3.33. The van der Waals surface area contributed by atoms with Crippen LogP contribution < -0.4 is 9.57 Å². The van der Waals surface area contributed by atoms with Gasteiger partial charge >= 0.3 is 0 Å². The van der Waals surface area contributed by atoms with Crippen LogP contribution in [0.25, 0.3) is 10.4 Å². The van der Waals surface area contributed by atoms with Crippen molar-refractivity contribution in [2.75, 3.05) is 7.11 Å². The van der Waals surface area contributed by atoms with E-state index in [2.05, 4.69) is 63.2 Å². The molecule has 30 heavy (non-hydrogen) atoms. The molecule has 0 saturated carbocycles. The molecule has 0 bridgehead atoms. The molecule has 0 amide bonds. The van der Waals surface area contributed by atoms with Crippen LogP contribution in [0.5, 0.6) is 5.75 Å². The number of aromatic nitrogens is 1. The summed E-state index contributed by atoms with van der Waals surface area (Å²) in [6.07, 6.45) is 5.29. The SMILES string of the molecule is COc1ccc(-c2sc(=S)n(OC(CCCC=C(C)C)c3ccccc3)c2C)cc1. The van der Waals surface area contributed by atoms with Crippen LogP contribution in [0.3, 0.4) is 0 Å². The van der Waals surface area contributed by atoms with Crippen molar-refractivity contribution in [2.24, 2.45) is 0 Å². The molecule has 2 aromatic carbocycles. The Hall–Kier alpha value is -2.37. The molecule has 0 N–H and O–H groups in total. The molecular weight excluding hydrogens is 410 g/mol. The van der Waals surface area contributed by atoms with Crippen LogP contribution in [0.15, 0.2) is 66.2 Å². The molecule has 0 aliphatic heterocycles. The number of hydrogen-bond acceptors (Lipinski definition) is 4. The first-order valence-electron chi connectivity index (χ1n) is 10.2. The van der Waals surface area contributed by atoms with Gasteiger partial charge in [-0.05, 0) is 87.6 Å². The predicted octanol–water partition coefficient (Wildman–Crippen LogP) is 7.57. The molecule has 0 spiro atoms. The van der Waals surface area contributed by atoms with Gasteiger partial charge in [-0.15, -0.1) is 11.3 Å². The lowest BCUT2D eigenvalue weighted by Gasteiger charge is -2.20. The van der Waals surface area contributed by atoms with E-state index in [1.165, 1.54) is 11.1 Å². The quantitative estimate of drug-likeness (QED) is 0.195. The molecule has 1 unspecified atom stereocenters. The molecule has 0 aliphatic carbocycles. The lowest BCUT2D eigenvalue weighted by atomic mass is 10.0. The summed E-state index contributed by atoms with van der Waals surface area (Å²) in [5.41, 5.74) is 4.67. The first kappa shape index (κ1) is 22.3. The topological polar surface area (TPSA) is 23.4 Å². The minimum atomic E-state index is -0.0412. The number of nitrogens with zero attached hydrogens (tertiary/aromatic N) is 1. The highest BCUT2D eigenvalue weighted by molar-refractivity contribution is 7.73. The van der Waals surface area contributed by atoms with Crippen LogP contribution >= 0.6 is 23.6 Å². The van der Waals surface area contributed by atoms with Crippen molar-refractivity contribution in [1.29, 1.82) is 0 Å². The summed E-state index contributed by atoms with van der Waals surface area (Å²) in [5.74, 6) is 0.844. The first-order valence-corrected chi connectivity index (χ1v) is 11.4. The molecule has 158 valence electrons. The van der Waals surface area contributed by atoms with Gasteiger partial charge in [0.2, 0.25) is 0 Å². The standard InChI is InChI=1S/C25H29NO2S2/c1-18(2)10-8-9-13-23(20-11-6-5-7-12-20)28-26-19(3)24(30-25(26)29)21-14-16-22(27-4)17-15-21/h5-7,10-12,14-17,23H,8-9,13H2,1-4H3. The zero-order chi connectivity index (χ0) is 21.5. The summed E-state index contributed by atoms with van der Waals surface area (Å²) in [5, 5.41) is 0. The van der Waals surface area contributed by atoms with Gasteiger partial charge in [-0.3, -0.25) is 0 Å². The number of allylic oxidation sites excluding steroid dienone is 2. The summed E-state index contributed by atoms with van der Waals surface area (Å²) < 4.78 is 7.83. The monoisotopic (exact) mass is 439 g/mol. The van der Waals surface area contributed by atoms with Gasteiger partial charge in [-0.1, -0.05) is 42.0 Å². The molecule has 3 nitrogen and oxygen atoms in total. The molecule has 3 aromatic rings. The molecule has 5 heteroatoms. The van der Waals surface area contributed by atoms with Crippen LogP contribution in [-0.4, -0.2) is 11.8 Å². The maximum Gasteiger partial charge on any atom is 0.197 e. The number of ether oxygens (including phenoxy) is 1. The Bertz CT molecular complexity index is 1030. The van der Waals surface area contributed by atoms with Crippen molar-refractivity contribution < 1.29 is 9.57 Å². The van der Waals surface area contributed by atoms with Gasteiger partial charge in [0.25, 0.3) is 0 Å². The molecular formula is C25H29NO2S2. The normalized spacial score (nSPS) is 11.7. The third-order valence-corrected chi connectivity index (χ3v) is 6.46. The van der Waals surface area contributed by atoms with Crippen molar-refractivity contribution in [2.45, 2.75) is 46.1 Å². The van der Waals surface area contributed by atoms with E-state index < -0.39 is 0 Å². The smallest absolute Gasteiger partial charge is 0.197 e. The number of hydrogen-bond donors (Lipinski definition) is 0. The molecule has 1 aromatic heterocycles. The van der Waals surface area contributed by atoms with E-state index in [1.54, 1.807) is 18.4 Å². The van der Waals surface area contributed by atoms with E-state index in [9.17, 15) is 0 Å². The van der Waals surface area contributed by atoms with Crippen LogP contribution in [0, 0.1) is 10.9 Å². The van der Waals surface area contributed by atoms with Gasteiger partial charge in [0.15, 0.2) is 10.1 Å². The Morgan fingerprint density at radius 3 is 2.43 bits per heavy atom. The lowest BCUT2D eigenvalue weighted by molar-refractivity contribution is 0.0256. The highest BCUT2D eigenvalue weighted by Crippen LogP contribution is 2.32. The summed E-state index contributed by atoms with van der Waals surface area (Å²) >= 11 is 7.25. The summed E-state index contributed by atoms with van der Waals surface area (Å²) in [6, 6.07) is 18.5. The molecule has 0 saturated heterocycles. The highest BCUT2D eigenvalue weighted by Gasteiger charge is 2.18. The van der Waals surface area contributed by atoms with Gasteiger partial charge in [-0.2, -0.15) is 4.73 Å². The largest absolute Gasteiger partial charge is 0.497 e. The second-order valence-corrected chi connectivity index (χ2v) is 9.17. The maximum atomic E-state index is 6.49. The fraction of sp³-hybridized carbons (Fsp3) is 0.320. The van der Waals surface area contributed by atoms with Crippen LogP contribution in [0.4, 0.5) is 0 Å². The van der Waals surface area contributed by atoms with Crippen molar-refractivity contribution in [3.05, 3.63) is 81.5 Å². The number of rotatable bonds is 9. The van der Waals surface area contributed by atoms with E-state index in [4.69, 9.17) is 21.8 Å². The van der Waals surface area contributed by atoms with Gasteiger partial charge in [0, 0.05) is 0 Å². The van der Waals surface area contributed by atoms with E-state index in [-0.39, 0.29) is 6.10 Å². The summed E-state index contributed by atoms with van der Waals surface area (Å²) in [4.78, 5) is 7.62. The summed E-state index contributed by atoms with van der Waals surface area (Å²) in [7, 11) is 1.68. The van der Waals surface area contributed by atoms with Gasteiger partial charge in [0.1, 0.15) is 5.75 Å². The van der Waals surface area contributed by atoms with Crippen LogP contribution in [0.1, 0.15) is 50.5 Å². The Morgan fingerprint density at radius 2 is 1.80 bits per heavy atom. The Kier molecular flexibility index (Phi) is 7.88. The molecule has 0 radical (unpaired) electrons. The molecule has 1 atom stereocenters. The van der Waals surface area contributed by atoms with Crippen molar-refractivity contribution >= 4 is 23.6 Å². The number of benzene rings is 2. The van der Waals surface area contributed by atoms with E-state index in [0.29, 0.717) is 0 Å². The molecule has 0 aliphatic rings. The van der Waals surface area contributed by atoms with Crippen molar-refractivity contribution in [3.63, 3.8) is 0 Å². The highest BCUT2D eigenvalue weighted by atomic mass is 32.1. The lowest BCUT2D eigenvalue weighted by Crippen LogP contribution is -2.19. The Labute approximate surface area is 188 Å². The van der Waals surface area contributed by atoms with E-state index in [0.717, 1.165) is 45.1 Å². The molecule has 1 heterocycles. The third-order valence-electron chi connectivity index (χ3n) is 4.97. The average molecular weight is 440 g/mol. The van der Waals surface area contributed by atoms with Crippen LogP contribution in [0.2, 0.25) is 0 Å². The number of unbranched alkanes of at least 4 members (excludes halogenated alkanes) is 1. The maximum absolute atomic E-state index is 6.49. The zero-order valence-electron chi connectivity index (χ0n) is 18.1. The molecule has 0 fully saturated rings. The van der Waals surface area contributed by atoms with E-state index >= 15 is 0 Å². The first-order chi connectivity index (χ1) is 14.5. The molecule has 3 rings (SSSR count). The predicted molar refractivity (Wildman–Crippen MR) is 129 cm³/mol. The second-order valence-electron chi connectivity index (χ2n) is 7.52. The summed E-state index contributed by atoms with van der Waals surface area (Å²) in [6.45, 7) is 6.34. The minimum Gasteiger partial charge on any atom is -0.497 e. The van der Waals surface area contributed by atoms with Crippen molar-refractivity contribution in [1.82, 2.24) is 4.73 Å². The average Bonchev–Trinajstić information content (AvgIpc) is 3.04. The van der Waals surface area contributed by atoms with Crippen LogP contribution in [-0.2, 0) is 0 Å². The van der Waals surface area contributed by atoms with Gasteiger partial charge < -0.3 is 9.57 Å². The third kappa shape index (κ3) is 5.61. The minimum absolute atomic E-state index is 0.0412. The number of methoxy groups -OCH3 is 1. The Morgan fingerprint density at radius 1 is 1.10 bits per heavy atom. The fourth-order valence-corrected chi connectivity index (χ4v) is 4.69. The van der Waals surface area contributed by atoms with Gasteiger partial charge in [-0.25, -0.2) is 0 Å². The Balaban J connectivity index is 1.85. The zero-order valence-corrected chi connectivity index (χ0v) is 19.7.